The van der Waals surface area contributed by atoms with Crippen molar-refractivity contribution in [2.75, 3.05) is 31.6 Å². The molecule has 0 atom stereocenters. The summed E-state index contributed by atoms with van der Waals surface area (Å²) in [5.41, 5.74) is 3.34. The van der Waals surface area contributed by atoms with Crippen molar-refractivity contribution >= 4 is 22.6 Å². The fraction of sp³-hybridized carbons (Fsp3) is 0.300. The second-order valence-electron chi connectivity index (χ2n) is 6.50. The fourth-order valence-corrected chi connectivity index (χ4v) is 3.22. The molecule has 0 radical (unpaired) electrons. The van der Waals surface area contributed by atoms with Crippen molar-refractivity contribution in [3.8, 4) is 0 Å². The van der Waals surface area contributed by atoms with Crippen molar-refractivity contribution in [1.82, 2.24) is 14.5 Å². The van der Waals surface area contributed by atoms with E-state index in [0.29, 0.717) is 5.56 Å². The van der Waals surface area contributed by atoms with Crippen LogP contribution in [0.25, 0.3) is 11.0 Å². The summed E-state index contributed by atoms with van der Waals surface area (Å²) in [6.45, 7) is 4.22. The molecule has 0 saturated carbocycles. The Balaban J connectivity index is 1.54. The number of aromatic nitrogens is 2. The lowest BCUT2D eigenvalue weighted by atomic mass is 10.2. The molecule has 1 fully saturated rings. The van der Waals surface area contributed by atoms with Gasteiger partial charge in [0, 0.05) is 31.4 Å². The molecule has 6 nitrogen and oxygen atoms in total. The Morgan fingerprint density at radius 3 is 2.69 bits per heavy atom. The molecule has 0 bridgehead atoms. The molecule has 1 amide bonds. The van der Waals surface area contributed by atoms with Crippen molar-refractivity contribution in [2.24, 2.45) is 7.05 Å². The van der Waals surface area contributed by atoms with Gasteiger partial charge in [-0.3, -0.25) is 9.69 Å². The molecule has 1 N–H and O–H groups in total. The first-order valence-electron chi connectivity index (χ1n) is 8.82. The minimum Gasteiger partial charge on any atom is -0.379 e. The number of hydrogen-bond acceptors (Lipinski definition) is 4. The number of amides is 1. The van der Waals surface area contributed by atoms with Gasteiger partial charge >= 0.3 is 0 Å². The Labute approximate surface area is 152 Å². The Kier molecular flexibility index (Phi) is 4.69. The molecular formula is C20H22N4O2. The van der Waals surface area contributed by atoms with Gasteiger partial charge in [0.05, 0.1) is 30.8 Å². The van der Waals surface area contributed by atoms with Crippen LogP contribution >= 0.6 is 0 Å². The van der Waals surface area contributed by atoms with Crippen LogP contribution < -0.4 is 5.32 Å². The molecule has 1 aliphatic rings. The van der Waals surface area contributed by atoms with Gasteiger partial charge in [-0.15, -0.1) is 0 Å². The minimum atomic E-state index is -0.116. The molecule has 4 rings (SSSR count). The first-order chi connectivity index (χ1) is 12.7. The maximum absolute atomic E-state index is 12.3. The Hall–Kier alpha value is -2.70. The molecule has 1 aromatic heterocycles. The van der Waals surface area contributed by atoms with E-state index in [1.165, 1.54) is 0 Å². The maximum atomic E-state index is 12.3. The fourth-order valence-electron chi connectivity index (χ4n) is 3.22. The van der Waals surface area contributed by atoms with Crippen LogP contribution in [0.15, 0.2) is 48.5 Å². The first-order valence-corrected chi connectivity index (χ1v) is 8.82. The summed E-state index contributed by atoms with van der Waals surface area (Å²) < 4.78 is 7.53. The van der Waals surface area contributed by atoms with Gasteiger partial charge < -0.3 is 14.6 Å². The molecule has 6 heteroatoms. The van der Waals surface area contributed by atoms with E-state index in [2.05, 4.69) is 14.8 Å². The third kappa shape index (κ3) is 3.47. The zero-order valence-electron chi connectivity index (χ0n) is 14.8. The van der Waals surface area contributed by atoms with E-state index < -0.39 is 0 Å². The highest BCUT2D eigenvalue weighted by atomic mass is 16.5. The van der Waals surface area contributed by atoms with E-state index in [9.17, 15) is 4.79 Å². The monoisotopic (exact) mass is 350 g/mol. The Morgan fingerprint density at radius 1 is 1.15 bits per heavy atom. The van der Waals surface area contributed by atoms with Gasteiger partial charge in [0.1, 0.15) is 5.82 Å². The van der Waals surface area contributed by atoms with Crippen molar-refractivity contribution in [1.29, 1.82) is 0 Å². The lowest BCUT2D eigenvalue weighted by Crippen LogP contribution is -2.36. The quantitative estimate of drug-likeness (QED) is 0.786. The molecule has 0 unspecified atom stereocenters. The molecule has 26 heavy (non-hydrogen) atoms. The Bertz CT molecular complexity index is 914. The minimum absolute atomic E-state index is 0.116. The van der Waals surface area contributed by atoms with Crippen LogP contribution in [0.2, 0.25) is 0 Å². The molecule has 1 saturated heterocycles. The van der Waals surface area contributed by atoms with E-state index in [1.54, 1.807) is 12.1 Å². The molecule has 0 aliphatic carbocycles. The number of fused-ring (bicyclic) bond motifs is 1. The highest BCUT2D eigenvalue weighted by Gasteiger charge is 2.15. The van der Waals surface area contributed by atoms with E-state index in [1.807, 2.05) is 43.4 Å². The standard InChI is InChI=1S/C20H22N4O2/c1-23-18-8-7-16(21-20(25)15-5-3-2-4-6-15)13-17(18)22-19(23)14-24-9-11-26-12-10-24/h2-8,13H,9-12,14H2,1H3,(H,21,25). The van der Waals surface area contributed by atoms with Crippen LogP contribution in [0, 0.1) is 0 Å². The number of anilines is 1. The predicted octanol–water partition coefficient (Wildman–Crippen LogP) is 2.66. The van der Waals surface area contributed by atoms with Crippen molar-refractivity contribution in [3.63, 3.8) is 0 Å². The van der Waals surface area contributed by atoms with Crippen LogP contribution in [0.4, 0.5) is 5.69 Å². The number of morpholine rings is 1. The van der Waals surface area contributed by atoms with E-state index in [0.717, 1.165) is 55.4 Å². The predicted molar refractivity (Wildman–Crippen MR) is 101 cm³/mol. The number of hydrogen-bond donors (Lipinski definition) is 1. The number of imidazole rings is 1. The highest BCUT2D eigenvalue weighted by molar-refractivity contribution is 6.04. The first kappa shape index (κ1) is 16.8. The normalized spacial score (nSPS) is 15.3. The van der Waals surface area contributed by atoms with Gasteiger partial charge in [-0.2, -0.15) is 0 Å². The van der Waals surface area contributed by atoms with Crippen LogP contribution in [0.3, 0.4) is 0 Å². The smallest absolute Gasteiger partial charge is 0.255 e. The van der Waals surface area contributed by atoms with Gasteiger partial charge in [0.25, 0.3) is 5.91 Å². The molecule has 134 valence electrons. The number of ether oxygens (including phenoxy) is 1. The number of rotatable bonds is 4. The van der Waals surface area contributed by atoms with Crippen LogP contribution in [-0.2, 0) is 18.3 Å². The molecular weight excluding hydrogens is 328 g/mol. The van der Waals surface area contributed by atoms with E-state index in [-0.39, 0.29) is 5.91 Å². The molecule has 0 spiro atoms. The average Bonchev–Trinajstić information content (AvgIpc) is 2.98. The van der Waals surface area contributed by atoms with E-state index >= 15 is 0 Å². The number of aryl methyl sites for hydroxylation is 1. The SMILES string of the molecule is Cn1c(CN2CCOCC2)nc2cc(NC(=O)c3ccccc3)ccc21. The van der Waals surface area contributed by atoms with Crippen LogP contribution in [0.1, 0.15) is 16.2 Å². The number of carbonyl (C=O) groups is 1. The second-order valence-corrected chi connectivity index (χ2v) is 6.50. The number of nitrogens with zero attached hydrogens (tertiary/aromatic N) is 3. The average molecular weight is 350 g/mol. The summed E-state index contributed by atoms with van der Waals surface area (Å²) in [6, 6.07) is 15.1. The largest absolute Gasteiger partial charge is 0.379 e. The summed E-state index contributed by atoms with van der Waals surface area (Å²) in [5.74, 6) is 0.905. The van der Waals surface area contributed by atoms with Gasteiger partial charge in [-0.05, 0) is 30.3 Å². The van der Waals surface area contributed by atoms with E-state index in [4.69, 9.17) is 9.72 Å². The van der Waals surface area contributed by atoms with Crippen molar-refractivity contribution in [2.45, 2.75) is 6.54 Å². The zero-order valence-corrected chi connectivity index (χ0v) is 14.8. The lowest BCUT2D eigenvalue weighted by molar-refractivity contribution is 0.0328. The van der Waals surface area contributed by atoms with Crippen molar-refractivity contribution < 1.29 is 9.53 Å². The van der Waals surface area contributed by atoms with Gasteiger partial charge in [0.2, 0.25) is 0 Å². The summed E-state index contributed by atoms with van der Waals surface area (Å²) in [7, 11) is 2.04. The summed E-state index contributed by atoms with van der Waals surface area (Å²) >= 11 is 0. The molecule has 2 heterocycles. The third-order valence-corrected chi connectivity index (χ3v) is 4.74. The van der Waals surface area contributed by atoms with Crippen LogP contribution in [0.5, 0.6) is 0 Å². The summed E-state index contributed by atoms with van der Waals surface area (Å²) in [4.78, 5) is 19.5. The number of nitrogens with one attached hydrogen (secondary N) is 1. The van der Waals surface area contributed by atoms with Gasteiger partial charge in [0.15, 0.2) is 0 Å². The third-order valence-electron chi connectivity index (χ3n) is 4.74. The molecule has 1 aliphatic heterocycles. The summed E-state index contributed by atoms with van der Waals surface area (Å²) in [6.07, 6.45) is 0. The zero-order chi connectivity index (χ0) is 17.9. The lowest BCUT2D eigenvalue weighted by Gasteiger charge is -2.26. The van der Waals surface area contributed by atoms with Crippen molar-refractivity contribution in [3.05, 3.63) is 59.9 Å². The van der Waals surface area contributed by atoms with Gasteiger partial charge in [-0.1, -0.05) is 18.2 Å². The van der Waals surface area contributed by atoms with Gasteiger partial charge in [-0.25, -0.2) is 4.98 Å². The maximum Gasteiger partial charge on any atom is 0.255 e. The molecule has 2 aromatic carbocycles. The second kappa shape index (κ2) is 7.27. The topological polar surface area (TPSA) is 59.4 Å². The molecule has 3 aromatic rings. The summed E-state index contributed by atoms with van der Waals surface area (Å²) in [5, 5.41) is 2.95. The number of carbonyl (C=O) groups excluding carboxylic acids is 1. The van der Waals surface area contributed by atoms with Crippen LogP contribution in [-0.4, -0.2) is 46.7 Å². The number of benzene rings is 2. The highest BCUT2D eigenvalue weighted by Crippen LogP contribution is 2.21. The Morgan fingerprint density at radius 2 is 1.92 bits per heavy atom.